The van der Waals surface area contributed by atoms with Gasteiger partial charge in [0.2, 0.25) is 0 Å². The van der Waals surface area contributed by atoms with E-state index in [9.17, 15) is 4.79 Å². The molecule has 1 heterocycles. The van der Waals surface area contributed by atoms with Gasteiger partial charge in [-0.1, -0.05) is 60.7 Å². The Kier molecular flexibility index (Phi) is 5.96. The first kappa shape index (κ1) is 17.4. The van der Waals surface area contributed by atoms with Crippen LogP contribution in [0.3, 0.4) is 0 Å². The molecule has 0 bridgehead atoms. The zero-order chi connectivity index (χ0) is 17.5. The highest BCUT2D eigenvalue weighted by atomic mass is 16.5. The molecule has 4 heteroatoms. The fourth-order valence-corrected chi connectivity index (χ4v) is 3.09. The topological polar surface area (TPSA) is 47.9 Å². The van der Waals surface area contributed by atoms with E-state index in [4.69, 9.17) is 14.5 Å². The summed E-state index contributed by atoms with van der Waals surface area (Å²) < 4.78 is 10.5. The monoisotopic (exact) mass is 337 g/mol. The average Bonchev–Trinajstić information content (AvgIpc) is 3.19. The van der Waals surface area contributed by atoms with Crippen LogP contribution in [0.4, 0.5) is 0 Å². The molecule has 0 saturated carbocycles. The minimum absolute atomic E-state index is 0.295. The van der Waals surface area contributed by atoms with Gasteiger partial charge < -0.3 is 9.47 Å². The molecule has 4 nitrogen and oxygen atoms in total. The number of carbonyl (C=O) groups excluding carboxylic acids is 1. The van der Waals surface area contributed by atoms with E-state index in [-0.39, 0.29) is 5.97 Å². The van der Waals surface area contributed by atoms with Crippen LogP contribution in [0.25, 0.3) is 0 Å². The summed E-state index contributed by atoms with van der Waals surface area (Å²) in [6.45, 7) is 1.45. The minimum Gasteiger partial charge on any atom is -0.467 e. The third-order valence-electron chi connectivity index (χ3n) is 4.43. The summed E-state index contributed by atoms with van der Waals surface area (Å²) in [6, 6.07) is 19.4. The van der Waals surface area contributed by atoms with Gasteiger partial charge in [-0.15, -0.1) is 0 Å². The van der Waals surface area contributed by atoms with Crippen molar-refractivity contribution in [3.63, 3.8) is 0 Å². The average molecular weight is 337 g/mol. The van der Waals surface area contributed by atoms with Crippen LogP contribution < -0.4 is 0 Å². The quantitative estimate of drug-likeness (QED) is 0.599. The molecule has 0 radical (unpaired) electrons. The number of benzene rings is 2. The van der Waals surface area contributed by atoms with Crippen LogP contribution >= 0.6 is 0 Å². The zero-order valence-corrected chi connectivity index (χ0v) is 14.4. The van der Waals surface area contributed by atoms with E-state index < -0.39 is 6.04 Å². The molecule has 2 aromatic rings. The number of nitrogens with zero attached hydrogens (tertiary/aromatic N) is 1. The van der Waals surface area contributed by atoms with Crippen molar-refractivity contribution in [1.82, 2.24) is 0 Å². The maximum atomic E-state index is 12.3. The van der Waals surface area contributed by atoms with Crippen molar-refractivity contribution in [2.45, 2.75) is 18.9 Å². The predicted octanol–water partition coefficient (Wildman–Crippen LogP) is 3.49. The molecule has 1 aliphatic rings. The van der Waals surface area contributed by atoms with Crippen molar-refractivity contribution in [1.29, 1.82) is 0 Å². The van der Waals surface area contributed by atoms with Crippen molar-refractivity contribution >= 4 is 11.7 Å². The number of hydrogen-bond acceptors (Lipinski definition) is 4. The Labute approximate surface area is 148 Å². The Bertz CT molecular complexity index is 665. The van der Waals surface area contributed by atoms with Crippen molar-refractivity contribution in [2.24, 2.45) is 10.9 Å². The lowest BCUT2D eigenvalue weighted by atomic mass is 9.97. The Morgan fingerprint density at radius 2 is 1.72 bits per heavy atom. The summed E-state index contributed by atoms with van der Waals surface area (Å²) in [7, 11) is 1.42. The summed E-state index contributed by atoms with van der Waals surface area (Å²) >= 11 is 0. The van der Waals surface area contributed by atoms with Gasteiger partial charge in [0.25, 0.3) is 0 Å². The lowest BCUT2D eigenvalue weighted by Gasteiger charge is -2.17. The number of ether oxygens (including phenoxy) is 2. The van der Waals surface area contributed by atoms with Gasteiger partial charge in [0.15, 0.2) is 0 Å². The molecule has 3 rings (SSSR count). The van der Waals surface area contributed by atoms with E-state index in [0.29, 0.717) is 18.9 Å². The van der Waals surface area contributed by atoms with Gasteiger partial charge in [-0.3, -0.25) is 4.99 Å². The highest BCUT2D eigenvalue weighted by molar-refractivity contribution is 6.13. The van der Waals surface area contributed by atoms with Crippen molar-refractivity contribution in [3.05, 3.63) is 71.8 Å². The maximum Gasteiger partial charge on any atom is 0.330 e. The molecule has 0 amide bonds. The number of rotatable bonds is 6. The first-order valence-corrected chi connectivity index (χ1v) is 8.62. The molecule has 25 heavy (non-hydrogen) atoms. The van der Waals surface area contributed by atoms with Gasteiger partial charge in [0, 0.05) is 24.3 Å². The van der Waals surface area contributed by atoms with Gasteiger partial charge in [-0.05, 0) is 18.8 Å². The number of methoxy groups -OCH3 is 1. The van der Waals surface area contributed by atoms with E-state index >= 15 is 0 Å². The smallest absolute Gasteiger partial charge is 0.330 e. The SMILES string of the molecule is COC(=O)C(CC1CCOC1)N=C(c1ccccc1)c1ccccc1. The fraction of sp³-hybridized carbons (Fsp3) is 0.333. The standard InChI is InChI=1S/C21H23NO3/c1-24-21(23)19(14-16-12-13-25-15-16)22-20(17-8-4-2-5-9-17)18-10-6-3-7-11-18/h2-11,16,19H,12-15H2,1H3. The third kappa shape index (κ3) is 4.54. The van der Waals surface area contributed by atoms with Crippen LogP contribution in [0.2, 0.25) is 0 Å². The Morgan fingerprint density at radius 3 is 2.20 bits per heavy atom. The Morgan fingerprint density at radius 1 is 1.12 bits per heavy atom. The van der Waals surface area contributed by atoms with Crippen LogP contribution in [0, 0.1) is 5.92 Å². The van der Waals surface area contributed by atoms with E-state index in [0.717, 1.165) is 29.9 Å². The van der Waals surface area contributed by atoms with Crippen LogP contribution in [0.15, 0.2) is 65.7 Å². The van der Waals surface area contributed by atoms with Crippen LogP contribution in [-0.4, -0.2) is 38.0 Å². The fourth-order valence-electron chi connectivity index (χ4n) is 3.09. The van der Waals surface area contributed by atoms with Crippen LogP contribution in [0.1, 0.15) is 24.0 Å². The molecule has 130 valence electrons. The van der Waals surface area contributed by atoms with E-state index in [1.165, 1.54) is 7.11 Å². The first-order valence-electron chi connectivity index (χ1n) is 8.62. The highest BCUT2D eigenvalue weighted by Gasteiger charge is 2.26. The van der Waals surface area contributed by atoms with E-state index in [1.54, 1.807) is 0 Å². The molecule has 0 N–H and O–H groups in total. The highest BCUT2D eigenvalue weighted by Crippen LogP contribution is 2.22. The zero-order valence-electron chi connectivity index (χ0n) is 14.4. The molecule has 2 atom stereocenters. The number of carbonyl (C=O) groups is 1. The summed E-state index contributed by atoms with van der Waals surface area (Å²) in [5, 5.41) is 0. The van der Waals surface area contributed by atoms with Crippen LogP contribution in [0.5, 0.6) is 0 Å². The van der Waals surface area contributed by atoms with Gasteiger partial charge >= 0.3 is 5.97 Å². The number of esters is 1. The molecular formula is C21H23NO3. The lowest BCUT2D eigenvalue weighted by Crippen LogP contribution is -2.25. The molecule has 0 aliphatic carbocycles. The third-order valence-corrected chi connectivity index (χ3v) is 4.43. The minimum atomic E-state index is -0.521. The summed E-state index contributed by atoms with van der Waals surface area (Å²) in [5.74, 6) is 0.0527. The maximum absolute atomic E-state index is 12.3. The molecule has 0 aromatic heterocycles. The molecule has 1 aliphatic heterocycles. The second-order valence-electron chi connectivity index (χ2n) is 6.21. The predicted molar refractivity (Wildman–Crippen MR) is 97.9 cm³/mol. The summed E-state index contributed by atoms with van der Waals surface area (Å²) in [4.78, 5) is 17.2. The van der Waals surface area contributed by atoms with Crippen LogP contribution in [-0.2, 0) is 14.3 Å². The normalized spacial score (nSPS) is 17.7. The lowest BCUT2D eigenvalue weighted by molar-refractivity contribution is -0.142. The van der Waals surface area contributed by atoms with Gasteiger partial charge in [0.1, 0.15) is 6.04 Å². The second kappa shape index (κ2) is 8.58. The second-order valence-corrected chi connectivity index (χ2v) is 6.21. The van der Waals surface area contributed by atoms with Gasteiger partial charge in [-0.2, -0.15) is 0 Å². The molecule has 2 unspecified atom stereocenters. The Balaban J connectivity index is 1.97. The summed E-state index contributed by atoms with van der Waals surface area (Å²) in [5.41, 5.74) is 2.80. The van der Waals surface area contributed by atoms with Crippen molar-refractivity contribution in [3.8, 4) is 0 Å². The summed E-state index contributed by atoms with van der Waals surface area (Å²) in [6.07, 6.45) is 1.62. The number of aliphatic imine (C=N–C) groups is 1. The van der Waals surface area contributed by atoms with Crippen molar-refractivity contribution in [2.75, 3.05) is 20.3 Å². The first-order chi connectivity index (χ1) is 12.3. The Hall–Kier alpha value is -2.46. The van der Waals surface area contributed by atoms with Crippen molar-refractivity contribution < 1.29 is 14.3 Å². The molecule has 0 spiro atoms. The molecule has 1 saturated heterocycles. The van der Waals surface area contributed by atoms with Gasteiger partial charge in [-0.25, -0.2) is 4.79 Å². The van der Waals surface area contributed by atoms with Gasteiger partial charge in [0.05, 0.1) is 12.8 Å². The van der Waals surface area contributed by atoms with E-state index in [1.807, 2.05) is 60.7 Å². The van der Waals surface area contributed by atoms with E-state index in [2.05, 4.69) is 0 Å². The molecule has 2 aromatic carbocycles. The molecule has 1 fully saturated rings. The number of hydrogen-bond donors (Lipinski definition) is 0. The molecular weight excluding hydrogens is 314 g/mol. The largest absolute Gasteiger partial charge is 0.467 e.